The average molecular weight is 192 g/mol. The monoisotopic (exact) mass is 192 g/mol. The molecule has 0 saturated carbocycles. The second-order valence-corrected chi connectivity index (χ2v) is 4.46. The van der Waals surface area contributed by atoms with Crippen LogP contribution in [0.25, 0.3) is 0 Å². The molecule has 2 aliphatic heterocycles. The number of terminal acetylenes is 1. The molecule has 78 valence electrons. The molecule has 1 N–H and O–H groups in total. The molecule has 2 nitrogen and oxygen atoms in total. The highest BCUT2D eigenvalue weighted by Gasteiger charge is 2.24. The normalized spacial score (nSPS) is 27.4. The summed E-state index contributed by atoms with van der Waals surface area (Å²) < 4.78 is 0. The first-order chi connectivity index (χ1) is 6.90. The summed E-state index contributed by atoms with van der Waals surface area (Å²) >= 11 is 0. The summed E-state index contributed by atoms with van der Waals surface area (Å²) in [6.07, 6.45) is 10.5. The van der Waals surface area contributed by atoms with Gasteiger partial charge in [0.05, 0.1) is 0 Å². The van der Waals surface area contributed by atoms with Crippen molar-refractivity contribution in [1.29, 1.82) is 0 Å². The lowest BCUT2D eigenvalue weighted by molar-refractivity contribution is 0.123. The first-order valence-corrected chi connectivity index (χ1v) is 5.81. The van der Waals surface area contributed by atoms with E-state index in [0.29, 0.717) is 5.92 Å². The van der Waals surface area contributed by atoms with Gasteiger partial charge in [0.15, 0.2) is 0 Å². The molecule has 0 aromatic carbocycles. The van der Waals surface area contributed by atoms with Gasteiger partial charge in [-0.25, -0.2) is 0 Å². The van der Waals surface area contributed by atoms with Crippen molar-refractivity contribution in [3.8, 4) is 12.3 Å². The highest BCUT2D eigenvalue weighted by Crippen LogP contribution is 2.21. The van der Waals surface area contributed by atoms with Gasteiger partial charge in [-0.3, -0.25) is 0 Å². The minimum Gasteiger partial charge on any atom is -0.317 e. The van der Waals surface area contributed by atoms with E-state index in [-0.39, 0.29) is 0 Å². The van der Waals surface area contributed by atoms with E-state index >= 15 is 0 Å². The molecule has 2 rings (SSSR count). The summed E-state index contributed by atoms with van der Waals surface area (Å²) in [6.45, 7) is 4.83. The first-order valence-electron chi connectivity index (χ1n) is 5.81. The summed E-state index contributed by atoms with van der Waals surface area (Å²) in [5.74, 6) is 3.44. The van der Waals surface area contributed by atoms with E-state index in [0.717, 1.165) is 6.04 Å². The second kappa shape index (κ2) is 4.82. The molecule has 0 aromatic heterocycles. The Morgan fingerprint density at radius 1 is 1.07 bits per heavy atom. The van der Waals surface area contributed by atoms with Crippen LogP contribution in [0.2, 0.25) is 0 Å². The number of rotatable bonds is 1. The van der Waals surface area contributed by atoms with Crippen molar-refractivity contribution in [2.75, 3.05) is 26.2 Å². The van der Waals surface area contributed by atoms with Gasteiger partial charge in [0.25, 0.3) is 0 Å². The van der Waals surface area contributed by atoms with Gasteiger partial charge in [0, 0.05) is 12.0 Å². The summed E-state index contributed by atoms with van der Waals surface area (Å²) in [7, 11) is 0. The highest BCUT2D eigenvalue weighted by atomic mass is 15.2. The topological polar surface area (TPSA) is 15.3 Å². The number of likely N-dealkylation sites (tertiary alicyclic amines) is 1. The van der Waals surface area contributed by atoms with Gasteiger partial charge in [0.2, 0.25) is 0 Å². The van der Waals surface area contributed by atoms with E-state index in [1.165, 1.54) is 51.9 Å². The van der Waals surface area contributed by atoms with Gasteiger partial charge in [0.1, 0.15) is 0 Å². The maximum atomic E-state index is 5.45. The van der Waals surface area contributed by atoms with E-state index in [1.807, 2.05) is 0 Å². The fourth-order valence-corrected chi connectivity index (χ4v) is 2.60. The Bertz CT molecular complexity index is 205. The summed E-state index contributed by atoms with van der Waals surface area (Å²) in [4.78, 5) is 2.65. The Labute approximate surface area is 87.1 Å². The van der Waals surface area contributed by atoms with E-state index in [2.05, 4.69) is 16.1 Å². The van der Waals surface area contributed by atoms with E-state index in [1.54, 1.807) is 0 Å². The number of piperidine rings is 2. The van der Waals surface area contributed by atoms with Gasteiger partial charge in [-0.2, -0.15) is 0 Å². The summed E-state index contributed by atoms with van der Waals surface area (Å²) in [5.41, 5.74) is 0. The van der Waals surface area contributed by atoms with Crippen LogP contribution in [0.4, 0.5) is 0 Å². The maximum Gasteiger partial charge on any atom is 0.0224 e. The third-order valence-corrected chi connectivity index (χ3v) is 3.59. The van der Waals surface area contributed by atoms with Crippen LogP contribution in [0.5, 0.6) is 0 Å². The Morgan fingerprint density at radius 3 is 2.29 bits per heavy atom. The molecule has 2 heterocycles. The quantitative estimate of drug-likeness (QED) is 0.626. The molecular formula is C12H20N2. The largest absolute Gasteiger partial charge is 0.317 e. The fraction of sp³-hybridized carbons (Fsp3) is 0.833. The fourth-order valence-electron chi connectivity index (χ4n) is 2.60. The zero-order valence-corrected chi connectivity index (χ0v) is 8.84. The lowest BCUT2D eigenvalue weighted by Gasteiger charge is -2.38. The molecule has 2 heteroatoms. The Kier molecular flexibility index (Phi) is 3.44. The Hall–Kier alpha value is -0.520. The van der Waals surface area contributed by atoms with E-state index in [9.17, 15) is 0 Å². The number of nitrogens with zero attached hydrogens (tertiary/aromatic N) is 1. The first kappa shape index (κ1) is 10.0. The van der Waals surface area contributed by atoms with Gasteiger partial charge in [-0.05, 0) is 51.9 Å². The zero-order chi connectivity index (χ0) is 9.80. The lowest BCUT2D eigenvalue weighted by Crippen LogP contribution is -2.46. The molecule has 0 radical (unpaired) electrons. The van der Waals surface area contributed by atoms with Gasteiger partial charge >= 0.3 is 0 Å². The van der Waals surface area contributed by atoms with Crippen molar-refractivity contribution in [1.82, 2.24) is 10.2 Å². The van der Waals surface area contributed by atoms with Crippen molar-refractivity contribution < 1.29 is 0 Å². The Morgan fingerprint density at radius 2 is 1.71 bits per heavy atom. The SMILES string of the molecule is C#CC1CCN(C2CCNCC2)CC1. The second-order valence-electron chi connectivity index (χ2n) is 4.46. The molecule has 0 aromatic rings. The molecule has 0 spiro atoms. The molecule has 2 saturated heterocycles. The maximum absolute atomic E-state index is 5.45. The third kappa shape index (κ3) is 2.29. The molecule has 0 amide bonds. The van der Waals surface area contributed by atoms with Crippen LogP contribution in [0, 0.1) is 18.3 Å². The van der Waals surface area contributed by atoms with Crippen molar-refractivity contribution in [2.45, 2.75) is 31.7 Å². The van der Waals surface area contributed by atoms with Crippen LogP contribution in [0.1, 0.15) is 25.7 Å². The van der Waals surface area contributed by atoms with E-state index < -0.39 is 0 Å². The smallest absolute Gasteiger partial charge is 0.0224 e. The molecule has 2 fully saturated rings. The minimum absolute atomic E-state index is 0.549. The van der Waals surface area contributed by atoms with Crippen LogP contribution >= 0.6 is 0 Å². The molecule has 14 heavy (non-hydrogen) atoms. The van der Waals surface area contributed by atoms with Crippen molar-refractivity contribution in [3.05, 3.63) is 0 Å². The predicted octanol–water partition coefficient (Wildman–Crippen LogP) is 1.08. The molecular weight excluding hydrogens is 172 g/mol. The van der Waals surface area contributed by atoms with Crippen molar-refractivity contribution in [3.63, 3.8) is 0 Å². The number of hydrogen-bond donors (Lipinski definition) is 1. The lowest BCUT2D eigenvalue weighted by atomic mass is 9.94. The molecule has 2 aliphatic rings. The van der Waals surface area contributed by atoms with Crippen LogP contribution in [0.3, 0.4) is 0 Å². The van der Waals surface area contributed by atoms with Crippen LogP contribution in [0.15, 0.2) is 0 Å². The van der Waals surface area contributed by atoms with E-state index in [4.69, 9.17) is 6.42 Å². The summed E-state index contributed by atoms with van der Waals surface area (Å²) in [6, 6.07) is 0.829. The highest BCUT2D eigenvalue weighted by molar-refractivity contribution is 4.96. The average Bonchev–Trinajstić information content (AvgIpc) is 2.30. The third-order valence-electron chi connectivity index (χ3n) is 3.59. The minimum atomic E-state index is 0.549. The van der Waals surface area contributed by atoms with Gasteiger partial charge in [-0.15, -0.1) is 12.3 Å². The predicted molar refractivity (Wildman–Crippen MR) is 59.0 cm³/mol. The van der Waals surface area contributed by atoms with Crippen LogP contribution in [-0.4, -0.2) is 37.1 Å². The Balaban J connectivity index is 1.79. The van der Waals surface area contributed by atoms with Crippen LogP contribution in [-0.2, 0) is 0 Å². The molecule has 0 atom stereocenters. The molecule has 0 bridgehead atoms. The molecule has 0 aliphatic carbocycles. The van der Waals surface area contributed by atoms with Crippen molar-refractivity contribution in [2.24, 2.45) is 5.92 Å². The summed E-state index contributed by atoms with van der Waals surface area (Å²) in [5, 5.41) is 3.41. The van der Waals surface area contributed by atoms with Gasteiger partial charge < -0.3 is 10.2 Å². The van der Waals surface area contributed by atoms with Crippen LogP contribution < -0.4 is 5.32 Å². The standard InChI is InChI=1S/C12H20N2/c1-2-11-5-9-14(10-6-11)12-3-7-13-8-4-12/h1,11-13H,3-10H2. The zero-order valence-electron chi connectivity index (χ0n) is 8.84. The molecule has 0 unspecified atom stereocenters. The number of hydrogen-bond acceptors (Lipinski definition) is 2. The van der Waals surface area contributed by atoms with Gasteiger partial charge in [-0.1, -0.05) is 0 Å². The number of nitrogens with one attached hydrogen (secondary N) is 1. The van der Waals surface area contributed by atoms with Crippen molar-refractivity contribution >= 4 is 0 Å².